The number of fused-ring (bicyclic) bond motifs is 3. The first kappa shape index (κ1) is 18.1. The molecule has 5 nitrogen and oxygen atoms in total. The third kappa shape index (κ3) is 3.15. The van der Waals surface area contributed by atoms with E-state index in [1.807, 2.05) is 0 Å². The second-order valence-electron chi connectivity index (χ2n) is 6.80. The van der Waals surface area contributed by atoms with Crippen LogP contribution in [0.2, 0.25) is 10.0 Å². The Labute approximate surface area is 166 Å². The van der Waals surface area contributed by atoms with Crippen molar-refractivity contribution in [1.82, 2.24) is 4.98 Å². The van der Waals surface area contributed by atoms with Crippen molar-refractivity contribution in [2.24, 2.45) is 5.92 Å². The highest BCUT2D eigenvalue weighted by Gasteiger charge is 2.27. The molecular formula is C20H18Cl2N2O3. The van der Waals surface area contributed by atoms with E-state index in [4.69, 9.17) is 32.4 Å². The number of nitrogens with one attached hydrogen (secondary N) is 1. The van der Waals surface area contributed by atoms with Crippen molar-refractivity contribution in [3.8, 4) is 5.75 Å². The van der Waals surface area contributed by atoms with Crippen molar-refractivity contribution < 1.29 is 13.9 Å². The number of carbonyl (C=O) groups excluding carboxylic acids is 1. The Morgan fingerprint density at radius 1 is 1.30 bits per heavy atom. The molecule has 1 aliphatic rings. The SMILES string of the molecule is COc1ccc(C(=O)Nc2c(Cl)cncc2Cl)c2c3c(oc12)CC(C)CC3. The molecule has 1 atom stereocenters. The molecule has 1 aromatic carbocycles. The van der Waals surface area contributed by atoms with E-state index in [9.17, 15) is 4.79 Å². The molecule has 0 radical (unpaired) electrons. The summed E-state index contributed by atoms with van der Waals surface area (Å²) in [5.74, 6) is 1.79. The van der Waals surface area contributed by atoms with Crippen LogP contribution in [-0.4, -0.2) is 18.0 Å². The standard InChI is InChI=1S/C20H18Cl2N2O3/c1-10-3-4-11-16(7-10)27-19-15(26-2)6-5-12(17(11)19)20(25)24-18-13(21)8-23-9-14(18)22/h5-6,8-10H,3-4,7H2,1-2H3,(H,23,24,25). The van der Waals surface area contributed by atoms with Crippen LogP contribution in [0.15, 0.2) is 28.9 Å². The molecule has 0 spiro atoms. The predicted octanol–water partition coefficient (Wildman–Crippen LogP) is 5.52. The van der Waals surface area contributed by atoms with E-state index in [1.165, 1.54) is 12.4 Å². The zero-order valence-electron chi connectivity index (χ0n) is 14.9. The minimum Gasteiger partial charge on any atom is -0.493 e. The molecule has 0 saturated carbocycles. The number of carbonyl (C=O) groups is 1. The lowest BCUT2D eigenvalue weighted by Gasteiger charge is -2.17. The van der Waals surface area contributed by atoms with Crippen LogP contribution in [0, 0.1) is 5.92 Å². The zero-order chi connectivity index (χ0) is 19.1. The number of ether oxygens (including phenoxy) is 1. The van der Waals surface area contributed by atoms with E-state index in [2.05, 4.69) is 17.2 Å². The fraction of sp³-hybridized carbons (Fsp3) is 0.300. The van der Waals surface area contributed by atoms with Gasteiger partial charge in [-0.15, -0.1) is 0 Å². The van der Waals surface area contributed by atoms with Crippen molar-refractivity contribution in [3.63, 3.8) is 0 Å². The van der Waals surface area contributed by atoms with Gasteiger partial charge in [-0.1, -0.05) is 30.1 Å². The van der Waals surface area contributed by atoms with Crippen LogP contribution in [0.1, 0.15) is 35.0 Å². The summed E-state index contributed by atoms with van der Waals surface area (Å²) in [7, 11) is 1.59. The Morgan fingerprint density at radius 3 is 2.74 bits per heavy atom. The summed E-state index contributed by atoms with van der Waals surface area (Å²) in [6, 6.07) is 3.48. The summed E-state index contributed by atoms with van der Waals surface area (Å²) in [5.41, 5.74) is 2.54. The van der Waals surface area contributed by atoms with Crippen LogP contribution in [0.25, 0.3) is 11.0 Å². The van der Waals surface area contributed by atoms with Crippen LogP contribution in [-0.2, 0) is 12.8 Å². The summed E-state index contributed by atoms with van der Waals surface area (Å²) >= 11 is 12.3. The number of aryl methyl sites for hydroxylation is 1. The first-order valence-electron chi connectivity index (χ1n) is 8.71. The van der Waals surface area contributed by atoms with Gasteiger partial charge in [-0.05, 0) is 30.9 Å². The number of methoxy groups -OCH3 is 1. The van der Waals surface area contributed by atoms with E-state index < -0.39 is 0 Å². The Morgan fingerprint density at radius 2 is 2.04 bits per heavy atom. The maximum Gasteiger partial charge on any atom is 0.256 e. The maximum absolute atomic E-state index is 13.0. The van der Waals surface area contributed by atoms with E-state index in [-0.39, 0.29) is 16.0 Å². The number of hydrogen-bond donors (Lipinski definition) is 1. The molecule has 0 saturated heterocycles. The molecule has 1 aliphatic carbocycles. The smallest absolute Gasteiger partial charge is 0.256 e. The summed E-state index contributed by atoms with van der Waals surface area (Å²) < 4.78 is 11.6. The Balaban J connectivity index is 1.83. The number of aromatic nitrogens is 1. The first-order chi connectivity index (χ1) is 13.0. The maximum atomic E-state index is 13.0. The number of pyridine rings is 1. The molecule has 2 aromatic heterocycles. The number of amides is 1. The first-order valence-corrected chi connectivity index (χ1v) is 9.46. The molecule has 2 heterocycles. The van der Waals surface area contributed by atoms with Crippen LogP contribution < -0.4 is 10.1 Å². The fourth-order valence-electron chi connectivity index (χ4n) is 3.59. The van der Waals surface area contributed by atoms with Crippen LogP contribution in [0.5, 0.6) is 5.75 Å². The van der Waals surface area contributed by atoms with Gasteiger partial charge in [0.15, 0.2) is 11.3 Å². The monoisotopic (exact) mass is 404 g/mol. The minimum absolute atomic E-state index is 0.281. The number of hydrogen-bond acceptors (Lipinski definition) is 4. The molecule has 0 fully saturated rings. The lowest BCUT2D eigenvalue weighted by Crippen LogP contribution is -2.14. The molecule has 0 bridgehead atoms. The third-order valence-electron chi connectivity index (χ3n) is 4.96. The highest BCUT2D eigenvalue weighted by molar-refractivity contribution is 6.39. The molecule has 3 aromatic rings. The van der Waals surface area contributed by atoms with Gasteiger partial charge in [-0.25, -0.2) is 0 Å². The minimum atomic E-state index is -0.306. The average Bonchev–Trinajstić information content (AvgIpc) is 3.02. The highest BCUT2D eigenvalue weighted by atomic mass is 35.5. The Hall–Kier alpha value is -2.24. The van der Waals surface area contributed by atoms with Crippen molar-refractivity contribution in [1.29, 1.82) is 0 Å². The van der Waals surface area contributed by atoms with Crippen molar-refractivity contribution in [2.45, 2.75) is 26.2 Å². The highest BCUT2D eigenvalue weighted by Crippen LogP contribution is 2.40. The average molecular weight is 405 g/mol. The van der Waals surface area contributed by atoms with Crippen molar-refractivity contribution >= 4 is 45.8 Å². The van der Waals surface area contributed by atoms with Crippen molar-refractivity contribution in [2.75, 3.05) is 12.4 Å². The Bertz CT molecular complexity index is 1030. The summed E-state index contributed by atoms with van der Waals surface area (Å²) in [6.45, 7) is 2.20. The lowest BCUT2D eigenvalue weighted by molar-refractivity contribution is 0.102. The largest absolute Gasteiger partial charge is 0.493 e. The van der Waals surface area contributed by atoms with Gasteiger partial charge >= 0.3 is 0 Å². The summed E-state index contributed by atoms with van der Waals surface area (Å²) in [5, 5.41) is 4.17. The number of anilines is 1. The molecule has 140 valence electrons. The predicted molar refractivity (Wildman–Crippen MR) is 106 cm³/mol. The number of nitrogens with zero attached hydrogens (tertiary/aromatic N) is 1. The van der Waals surface area contributed by atoms with Gasteiger partial charge < -0.3 is 14.5 Å². The van der Waals surface area contributed by atoms with Crippen LogP contribution in [0.3, 0.4) is 0 Å². The summed E-state index contributed by atoms with van der Waals surface area (Å²) in [6.07, 6.45) is 5.66. The number of rotatable bonds is 3. The number of furan rings is 1. The topological polar surface area (TPSA) is 64.4 Å². The number of halogens is 2. The fourth-order valence-corrected chi connectivity index (χ4v) is 4.05. The van der Waals surface area contributed by atoms with Crippen LogP contribution >= 0.6 is 23.2 Å². The van der Waals surface area contributed by atoms with E-state index in [0.29, 0.717) is 28.5 Å². The number of benzene rings is 1. The lowest BCUT2D eigenvalue weighted by atomic mass is 9.87. The van der Waals surface area contributed by atoms with E-state index in [1.54, 1.807) is 19.2 Å². The van der Waals surface area contributed by atoms with E-state index >= 15 is 0 Å². The molecule has 1 N–H and O–H groups in total. The van der Waals surface area contributed by atoms with Gasteiger partial charge in [0.25, 0.3) is 5.91 Å². The van der Waals surface area contributed by atoms with Crippen LogP contribution in [0.4, 0.5) is 5.69 Å². The van der Waals surface area contributed by atoms with Gasteiger partial charge in [0, 0.05) is 29.8 Å². The summed E-state index contributed by atoms with van der Waals surface area (Å²) in [4.78, 5) is 17.0. The molecule has 4 rings (SSSR count). The molecule has 7 heteroatoms. The zero-order valence-corrected chi connectivity index (χ0v) is 16.4. The molecule has 1 amide bonds. The second-order valence-corrected chi connectivity index (χ2v) is 7.62. The normalized spacial score (nSPS) is 16.2. The van der Waals surface area contributed by atoms with E-state index in [0.717, 1.165) is 36.0 Å². The van der Waals surface area contributed by atoms with Gasteiger partial charge in [0.1, 0.15) is 5.76 Å². The second kappa shape index (κ2) is 7.06. The van der Waals surface area contributed by atoms with Gasteiger partial charge in [0.05, 0.1) is 28.4 Å². The van der Waals surface area contributed by atoms with Gasteiger partial charge in [-0.3, -0.25) is 9.78 Å². The molecular weight excluding hydrogens is 387 g/mol. The molecule has 27 heavy (non-hydrogen) atoms. The van der Waals surface area contributed by atoms with Gasteiger partial charge in [0.2, 0.25) is 0 Å². The van der Waals surface area contributed by atoms with Crippen molar-refractivity contribution in [3.05, 3.63) is 51.5 Å². The third-order valence-corrected chi connectivity index (χ3v) is 5.54. The van der Waals surface area contributed by atoms with Gasteiger partial charge in [-0.2, -0.15) is 0 Å². The molecule has 0 aliphatic heterocycles. The quantitative estimate of drug-likeness (QED) is 0.623. The Kier molecular flexibility index (Phi) is 4.74. The molecule has 1 unspecified atom stereocenters.